The Balaban J connectivity index is 2.65. The Bertz CT molecular complexity index is 310. The summed E-state index contributed by atoms with van der Waals surface area (Å²) < 4.78 is 0. The lowest BCUT2D eigenvalue weighted by Gasteiger charge is -2.21. The molecule has 0 aliphatic carbocycles. The Kier molecular flexibility index (Phi) is 4.57. The van der Waals surface area contributed by atoms with Crippen LogP contribution in [0.5, 0.6) is 0 Å². The Morgan fingerprint density at radius 2 is 2.00 bits per heavy atom. The summed E-state index contributed by atoms with van der Waals surface area (Å²) in [6.07, 6.45) is 7.17. The van der Waals surface area contributed by atoms with Crippen molar-refractivity contribution >= 4 is 0 Å². The van der Waals surface area contributed by atoms with E-state index in [0.717, 1.165) is 5.82 Å². The molecule has 0 bridgehead atoms. The van der Waals surface area contributed by atoms with Gasteiger partial charge < -0.3 is 4.98 Å². The van der Waals surface area contributed by atoms with Gasteiger partial charge in [-0.25, -0.2) is 4.98 Å². The van der Waals surface area contributed by atoms with Crippen molar-refractivity contribution in [3.8, 4) is 0 Å². The zero-order valence-electron chi connectivity index (χ0n) is 11.4. The normalized spacial score (nSPS) is 12.4. The molecule has 0 aromatic carbocycles. The van der Waals surface area contributed by atoms with Crippen LogP contribution in [0, 0.1) is 0 Å². The maximum absolute atomic E-state index is 4.70. The number of nitrogens with one attached hydrogen (secondary N) is 1. The zero-order chi connectivity index (χ0) is 12.2. The molecule has 0 saturated carbocycles. The maximum atomic E-state index is 4.70. The van der Waals surface area contributed by atoms with Gasteiger partial charge in [-0.1, -0.05) is 53.9 Å². The Hall–Kier alpha value is -0.790. The van der Waals surface area contributed by atoms with Crippen LogP contribution < -0.4 is 0 Å². The van der Waals surface area contributed by atoms with Crippen LogP contribution in [0.15, 0.2) is 6.20 Å². The summed E-state index contributed by atoms with van der Waals surface area (Å²) in [5.41, 5.74) is 1.36. The van der Waals surface area contributed by atoms with Gasteiger partial charge in [-0.3, -0.25) is 0 Å². The van der Waals surface area contributed by atoms with Gasteiger partial charge in [0.1, 0.15) is 5.82 Å². The van der Waals surface area contributed by atoms with Gasteiger partial charge in [0.05, 0.1) is 5.69 Å². The van der Waals surface area contributed by atoms with Gasteiger partial charge in [0.15, 0.2) is 0 Å². The number of hydrogen-bond acceptors (Lipinski definition) is 1. The van der Waals surface area contributed by atoms with Crippen LogP contribution in [0.1, 0.15) is 77.7 Å². The van der Waals surface area contributed by atoms with Gasteiger partial charge in [0.2, 0.25) is 0 Å². The van der Waals surface area contributed by atoms with Crippen LogP contribution in [0.3, 0.4) is 0 Å². The lowest BCUT2D eigenvalue weighted by Crippen LogP contribution is -2.19. The molecule has 16 heavy (non-hydrogen) atoms. The van der Waals surface area contributed by atoms with Crippen molar-refractivity contribution in [2.24, 2.45) is 0 Å². The number of imidazole rings is 1. The monoisotopic (exact) mass is 222 g/mol. The molecule has 0 aliphatic rings. The van der Waals surface area contributed by atoms with E-state index < -0.39 is 0 Å². The average molecular weight is 222 g/mol. The van der Waals surface area contributed by atoms with Crippen LogP contribution in [-0.2, 0) is 5.41 Å². The fourth-order valence-corrected chi connectivity index (χ4v) is 1.91. The second kappa shape index (κ2) is 5.51. The first-order valence-corrected chi connectivity index (χ1v) is 6.53. The summed E-state index contributed by atoms with van der Waals surface area (Å²) in [6.45, 7) is 11.2. The fourth-order valence-electron chi connectivity index (χ4n) is 1.91. The SMILES string of the molecule is CCCCCC(C)(C)c1nc(C(C)C)c[nH]1. The Morgan fingerprint density at radius 3 is 2.50 bits per heavy atom. The molecular weight excluding hydrogens is 196 g/mol. The van der Waals surface area contributed by atoms with Crippen molar-refractivity contribution in [3.63, 3.8) is 0 Å². The molecule has 0 saturated heterocycles. The van der Waals surface area contributed by atoms with Crippen molar-refractivity contribution in [2.45, 2.75) is 71.6 Å². The summed E-state index contributed by atoms with van der Waals surface area (Å²) in [5.74, 6) is 1.66. The number of hydrogen-bond donors (Lipinski definition) is 1. The molecule has 92 valence electrons. The van der Waals surface area contributed by atoms with E-state index in [2.05, 4.69) is 45.8 Å². The molecule has 0 aliphatic heterocycles. The van der Waals surface area contributed by atoms with Gasteiger partial charge >= 0.3 is 0 Å². The molecule has 1 aromatic heterocycles. The summed E-state index contributed by atoms with van der Waals surface area (Å²) in [5, 5.41) is 0. The van der Waals surface area contributed by atoms with E-state index >= 15 is 0 Å². The highest BCUT2D eigenvalue weighted by atomic mass is 14.9. The minimum absolute atomic E-state index is 0.183. The van der Waals surface area contributed by atoms with E-state index in [0.29, 0.717) is 5.92 Å². The van der Waals surface area contributed by atoms with Crippen molar-refractivity contribution in [3.05, 3.63) is 17.7 Å². The van der Waals surface area contributed by atoms with Crippen LogP contribution in [-0.4, -0.2) is 9.97 Å². The third-order valence-corrected chi connectivity index (χ3v) is 3.24. The summed E-state index contributed by atoms with van der Waals surface area (Å²) >= 11 is 0. The molecule has 0 amide bonds. The summed E-state index contributed by atoms with van der Waals surface area (Å²) in [6, 6.07) is 0. The minimum atomic E-state index is 0.183. The number of rotatable bonds is 6. The molecule has 1 heterocycles. The second-order valence-electron chi connectivity index (χ2n) is 5.67. The fraction of sp³-hybridized carbons (Fsp3) is 0.786. The Labute approximate surface area is 99.9 Å². The second-order valence-corrected chi connectivity index (χ2v) is 5.67. The molecule has 2 heteroatoms. The molecule has 0 radical (unpaired) electrons. The van der Waals surface area contributed by atoms with Crippen LogP contribution in [0.2, 0.25) is 0 Å². The molecule has 0 atom stereocenters. The van der Waals surface area contributed by atoms with Crippen molar-refractivity contribution in [1.82, 2.24) is 9.97 Å². The third kappa shape index (κ3) is 3.36. The molecule has 0 spiro atoms. The zero-order valence-corrected chi connectivity index (χ0v) is 11.4. The van der Waals surface area contributed by atoms with E-state index in [1.165, 1.54) is 31.4 Å². The number of aromatic nitrogens is 2. The van der Waals surface area contributed by atoms with Crippen LogP contribution >= 0.6 is 0 Å². The lowest BCUT2D eigenvalue weighted by molar-refractivity contribution is 0.428. The number of nitrogens with zero attached hydrogens (tertiary/aromatic N) is 1. The first-order chi connectivity index (χ1) is 7.47. The number of unbranched alkanes of at least 4 members (excludes halogenated alkanes) is 2. The minimum Gasteiger partial charge on any atom is -0.348 e. The molecule has 1 rings (SSSR count). The summed E-state index contributed by atoms with van der Waals surface area (Å²) in [4.78, 5) is 8.05. The highest BCUT2D eigenvalue weighted by Gasteiger charge is 2.23. The number of aromatic amines is 1. The van der Waals surface area contributed by atoms with Crippen molar-refractivity contribution < 1.29 is 0 Å². The van der Waals surface area contributed by atoms with Gasteiger partial charge in [-0.2, -0.15) is 0 Å². The standard InChI is InChI=1S/C14H26N2/c1-6-7-8-9-14(4,5)13-15-10-12(16-13)11(2)3/h10-11H,6-9H2,1-5H3,(H,15,16). The highest BCUT2D eigenvalue weighted by molar-refractivity contribution is 5.12. The molecule has 0 fully saturated rings. The third-order valence-electron chi connectivity index (χ3n) is 3.24. The number of H-pyrrole nitrogens is 1. The van der Waals surface area contributed by atoms with E-state index in [-0.39, 0.29) is 5.41 Å². The predicted molar refractivity (Wildman–Crippen MR) is 69.8 cm³/mol. The quantitative estimate of drug-likeness (QED) is 0.710. The molecule has 2 nitrogen and oxygen atoms in total. The molecule has 1 N–H and O–H groups in total. The smallest absolute Gasteiger partial charge is 0.112 e. The van der Waals surface area contributed by atoms with Crippen molar-refractivity contribution in [1.29, 1.82) is 0 Å². The summed E-state index contributed by atoms with van der Waals surface area (Å²) in [7, 11) is 0. The topological polar surface area (TPSA) is 28.7 Å². The first-order valence-electron chi connectivity index (χ1n) is 6.53. The average Bonchev–Trinajstić information content (AvgIpc) is 2.67. The first kappa shape index (κ1) is 13.3. The van der Waals surface area contributed by atoms with Gasteiger partial charge in [-0.05, 0) is 12.3 Å². The van der Waals surface area contributed by atoms with E-state index in [1.54, 1.807) is 0 Å². The highest BCUT2D eigenvalue weighted by Crippen LogP contribution is 2.28. The lowest BCUT2D eigenvalue weighted by atomic mass is 9.86. The largest absolute Gasteiger partial charge is 0.348 e. The van der Waals surface area contributed by atoms with Gasteiger partial charge in [0.25, 0.3) is 0 Å². The molecule has 1 aromatic rings. The molecule has 0 unspecified atom stereocenters. The molecular formula is C14H26N2. The van der Waals surface area contributed by atoms with Crippen LogP contribution in [0.25, 0.3) is 0 Å². The maximum Gasteiger partial charge on any atom is 0.112 e. The Morgan fingerprint density at radius 1 is 1.31 bits per heavy atom. The van der Waals surface area contributed by atoms with Crippen LogP contribution in [0.4, 0.5) is 0 Å². The van der Waals surface area contributed by atoms with E-state index in [1.807, 2.05) is 0 Å². The van der Waals surface area contributed by atoms with Gasteiger partial charge in [-0.15, -0.1) is 0 Å². The van der Waals surface area contributed by atoms with Crippen molar-refractivity contribution in [2.75, 3.05) is 0 Å². The van der Waals surface area contributed by atoms with E-state index in [4.69, 9.17) is 4.98 Å². The van der Waals surface area contributed by atoms with Gasteiger partial charge in [0, 0.05) is 11.6 Å². The predicted octanol–water partition coefficient (Wildman–Crippen LogP) is 4.39. The van der Waals surface area contributed by atoms with E-state index in [9.17, 15) is 0 Å².